The molecule has 1 saturated heterocycles. The summed E-state index contributed by atoms with van der Waals surface area (Å²) in [6.45, 7) is 8.61. The largest absolute Gasteiger partial charge is 0.397 e. The minimum atomic E-state index is -0.130. The second kappa shape index (κ2) is 4.46. The Kier molecular flexibility index (Phi) is 3.32. The van der Waals surface area contributed by atoms with Crippen LogP contribution in [0.4, 0.5) is 11.5 Å². The van der Waals surface area contributed by atoms with Crippen LogP contribution in [-0.2, 0) is 4.74 Å². The van der Waals surface area contributed by atoms with E-state index in [4.69, 9.17) is 10.5 Å². The molecule has 1 aliphatic heterocycles. The van der Waals surface area contributed by atoms with Crippen LogP contribution >= 0.6 is 15.9 Å². The third kappa shape index (κ3) is 2.55. The molecule has 0 bridgehead atoms. The van der Waals surface area contributed by atoms with Gasteiger partial charge in [-0.15, -0.1) is 0 Å². The van der Waals surface area contributed by atoms with Crippen molar-refractivity contribution in [3.05, 3.63) is 16.2 Å². The van der Waals surface area contributed by atoms with Crippen molar-refractivity contribution in [2.75, 3.05) is 30.3 Å². The summed E-state index contributed by atoms with van der Waals surface area (Å²) in [5, 5.41) is 0. The summed E-state index contributed by atoms with van der Waals surface area (Å²) in [6.07, 6.45) is 1.72. The summed E-state index contributed by atoms with van der Waals surface area (Å²) in [4.78, 5) is 6.66. The standard InChI is InChI=1S/C12H18BrN3O/c1-8-9(14)6-15-11(10(8)13)16-4-5-17-12(2,3)7-16/h6H,4-5,7,14H2,1-3H3. The zero-order chi connectivity index (χ0) is 12.6. The van der Waals surface area contributed by atoms with Crippen LogP contribution in [0.15, 0.2) is 10.7 Å². The molecule has 4 nitrogen and oxygen atoms in total. The maximum Gasteiger partial charge on any atom is 0.143 e. The van der Waals surface area contributed by atoms with Gasteiger partial charge in [-0.05, 0) is 42.3 Å². The molecule has 5 heteroatoms. The topological polar surface area (TPSA) is 51.4 Å². The Labute approximate surface area is 110 Å². The highest BCUT2D eigenvalue weighted by molar-refractivity contribution is 9.10. The Balaban J connectivity index is 2.31. The lowest BCUT2D eigenvalue weighted by Crippen LogP contribution is -2.48. The zero-order valence-electron chi connectivity index (χ0n) is 10.5. The van der Waals surface area contributed by atoms with E-state index in [9.17, 15) is 0 Å². The van der Waals surface area contributed by atoms with Gasteiger partial charge >= 0.3 is 0 Å². The Bertz CT molecular complexity index is 434. The molecule has 17 heavy (non-hydrogen) atoms. The van der Waals surface area contributed by atoms with Crippen molar-refractivity contribution in [1.29, 1.82) is 0 Å². The quantitative estimate of drug-likeness (QED) is 0.865. The van der Waals surface area contributed by atoms with E-state index in [1.54, 1.807) is 6.20 Å². The smallest absolute Gasteiger partial charge is 0.143 e. The van der Waals surface area contributed by atoms with Crippen molar-refractivity contribution in [2.45, 2.75) is 26.4 Å². The first kappa shape index (κ1) is 12.6. The van der Waals surface area contributed by atoms with Gasteiger partial charge in [0.15, 0.2) is 0 Å². The maximum absolute atomic E-state index is 5.84. The van der Waals surface area contributed by atoms with Crippen molar-refractivity contribution in [3.8, 4) is 0 Å². The number of rotatable bonds is 1. The molecule has 0 aliphatic carbocycles. The SMILES string of the molecule is Cc1c(N)cnc(N2CCOC(C)(C)C2)c1Br. The molecule has 0 radical (unpaired) electrons. The highest BCUT2D eigenvalue weighted by Gasteiger charge is 2.29. The minimum Gasteiger partial charge on any atom is -0.397 e. The van der Waals surface area contributed by atoms with E-state index in [1.807, 2.05) is 6.92 Å². The first-order chi connectivity index (χ1) is 7.91. The molecule has 2 N–H and O–H groups in total. The van der Waals surface area contributed by atoms with Gasteiger partial charge in [0, 0.05) is 13.1 Å². The van der Waals surface area contributed by atoms with Crippen molar-refractivity contribution in [1.82, 2.24) is 4.98 Å². The van der Waals surface area contributed by atoms with Crippen molar-refractivity contribution in [2.24, 2.45) is 0 Å². The zero-order valence-corrected chi connectivity index (χ0v) is 12.0. The fourth-order valence-corrected chi connectivity index (χ4v) is 2.58. The molecule has 94 valence electrons. The third-order valence-electron chi connectivity index (χ3n) is 3.01. The number of ether oxygens (including phenoxy) is 1. The number of hydrogen-bond acceptors (Lipinski definition) is 4. The van der Waals surface area contributed by atoms with E-state index in [2.05, 4.69) is 39.7 Å². The van der Waals surface area contributed by atoms with Gasteiger partial charge in [0.2, 0.25) is 0 Å². The predicted molar refractivity (Wildman–Crippen MR) is 73.3 cm³/mol. The molecular weight excluding hydrogens is 282 g/mol. The number of nitrogens with two attached hydrogens (primary N) is 1. The number of pyridine rings is 1. The van der Waals surface area contributed by atoms with Crippen LogP contribution in [-0.4, -0.2) is 30.3 Å². The number of hydrogen-bond donors (Lipinski definition) is 1. The summed E-state index contributed by atoms with van der Waals surface area (Å²) in [6, 6.07) is 0. The molecule has 2 rings (SSSR count). The van der Waals surface area contributed by atoms with Crippen LogP contribution < -0.4 is 10.6 Å². The molecule has 0 aromatic carbocycles. The van der Waals surface area contributed by atoms with Crippen molar-refractivity contribution >= 4 is 27.4 Å². The van der Waals surface area contributed by atoms with E-state index in [0.29, 0.717) is 5.69 Å². The molecule has 2 heterocycles. The first-order valence-corrected chi connectivity index (χ1v) is 6.49. The van der Waals surface area contributed by atoms with Crippen LogP contribution in [0.5, 0.6) is 0 Å². The van der Waals surface area contributed by atoms with Crippen molar-refractivity contribution in [3.63, 3.8) is 0 Å². The summed E-state index contributed by atoms with van der Waals surface area (Å²) in [5.74, 6) is 0.952. The van der Waals surface area contributed by atoms with Crippen LogP contribution in [0.2, 0.25) is 0 Å². The molecule has 1 aromatic heterocycles. The molecule has 1 fully saturated rings. The van der Waals surface area contributed by atoms with Gasteiger partial charge in [-0.25, -0.2) is 4.98 Å². The first-order valence-electron chi connectivity index (χ1n) is 5.70. The Morgan fingerprint density at radius 3 is 2.88 bits per heavy atom. The summed E-state index contributed by atoms with van der Waals surface area (Å²) in [5.41, 5.74) is 7.46. The Hall–Kier alpha value is -0.810. The van der Waals surface area contributed by atoms with Gasteiger partial charge in [-0.1, -0.05) is 0 Å². The van der Waals surface area contributed by atoms with Gasteiger partial charge in [-0.2, -0.15) is 0 Å². The van der Waals surface area contributed by atoms with E-state index in [1.165, 1.54) is 0 Å². The molecule has 0 spiro atoms. The molecule has 1 aromatic rings. The lowest BCUT2D eigenvalue weighted by atomic mass is 10.1. The summed E-state index contributed by atoms with van der Waals surface area (Å²) in [7, 11) is 0. The monoisotopic (exact) mass is 299 g/mol. The molecule has 0 amide bonds. The fourth-order valence-electron chi connectivity index (χ4n) is 2.00. The Morgan fingerprint density at radius 1 is 1.53 bits per heavy atom. The van der Waals surface area contributed by atoms with Gasteiger partial charge in [0.25, 0.3) is 0 Å². The highest BCUT2D eigenvalue weighted by atomic mass is 79.9. The lowest BCUT2D eigenvalue weighted by Gasteiger charge is -2.39. The van der Waals surface area contributed by atoms with Crippen LogP contribution in [0.3, 0.4) is 0 Å². The number of halogens is 1. The van der Waals surface area contributed by atoms with Crippen molar-refractivity contribution < 1.29 is 4.74 Å². The van der Waals surface area contributed by atoms with Gasteiger partial charge in [0.05, 0.1) is 28.6 Å². The molecule has 1 aliphatic rings. The van der Waals surface area contributed by atoms with E-state index >= 15 is 0 Å². The van der Waals surface area contributed by atoms with Gasteiger partial charge in [0.1, 0.15) is 5.82 Å². The summed E-state index contributed by atoms with van der Waals surface area (Å²) < 4.78 is 6.68. The second-order valence-electron chi connectivity index (χ2n) is 5.01. The average Bonchev–Trinajstić information content (AvgIpc) is 2.25. The third-order valence-corrected chi connectivity index (χ3v) is 3.96. The molecule has 0 atom stereocenters. The molecule has 0 saturated carbocycles. The molecular formula is C12H18BrN3O. The number of aromatic nitrogens is 1. The van der Waals surface area contributed by atoms with E-state index in [0.717, 1.165) is 35.6 Å². The predicted octanol–water partition coefficient (Wildman–Crippen LogP) is 2.35. The number of nitrogens with zero attached hydrogens (tertiary/aromatic N) is 2. The summed E-state index contributed by atoms with van der Waals surface area (Å²) >= 11 is 3.58. The minimum absolute atomic E-state index is 0.130. The van der Waals surface area contributed by atoms with Crippen LogP contribution in [0, 0.1) is 6.92 Å². The lowest BCUT2D eigenvalue weighted by molar-refractivity contribution is -0.0279. The van der Waals surface area contributed by atoms with Crippen LogP contribution in [0.1, 0.15) is 19.4 Å². The number of nitrogen functional groups attached to an aromatic ring is 1. The highest BCUT2D eigenvalue weighted by Crippen LogP contribution is 2.32. The maximum atomic E-state index is 5.84. The van der Waals surface area contributed by atoms with Gasteiger partial charge < -0.3 is 15.4 Å². The normalized spacial score (nSPS) is 19.4. The van der Waals surface area contributed by atoms with E-state index in [-0.39, 0.29) is 5.60 Å². The number of anilines is 2. The average molecular weight is 300 g/mol. The van der Waals surface area contributed by atoms with Gasteiger partial charge in [-0.3, -0.25) is 0 Å². The second-order valence-corrected chi connectivity index (χ2v) is 5.80. The molecule has 0 unspecified atom stereocenters. The van der Waals surface area contributed by atoms with Crippen LogP contribution in [0.25, 0.3) is 0 Å². The Morgan fingerprint density at radius 2 is 2.24 bits per heavy atom. The van der Waals surface area contributed by atoms with E-state index < -0.39 is 0 Å². The number of morpholine rings is 1. The fraction of sp³-hybridized carbons (Fsp3) is 0.583.